The van der Waals surface area contributed by atoms with Gasteiger partial charge >= 0.3 is 5.97 Å². The molecule has 2 N–H and O–H groups in total. The minimum atomic E-state index is -0.473. The number of carbonyl (C=O) groups is 2. The Kier molecular flexibility index (Phi) is 3.63. The maximum atomic E-state index is 11.7. The van der Waals surface area contributed by atoms with Crippen molar-refractivity contribution in [3.63, 3.8) is 0 Å². The van der Waals surface area contributed by atoms with Crippen LogP contribution in [-0.2, 0) is 9.53 Å². The summed E-state index contributed by atoms with van der Waals surface area (Å²) in [5.41, 5.74) is 6.05. The first-order chi connectivity index (χ1) is 8.52. The number of methoxy groups -OCH3 is 1. The Balaban J connectivity index is 2.30. The lowest BCUT2D eigenvalue weighted by atomic mass is 10.3. The van der Waals surface area contributed by atoms with Gasteiger partial charge in [-0.05, 0) is 22.0 Å². The Morgan fingerprint density at radius 1 is 1.67 bits per heavy atom. The van der Waals surface area contributed by atoms with Gasteiger partial charge in [0.1, 0.15) is 5.82 Å². The van der Waals surface area contributed by atoms with Crippen molar-refractivity contribution in [2.75, 3.05) is 18.6 Å². The fraction of sp³-hybridized carbons (Fsp3) is 0.364. The van der Waals surface area contributed by atoms with E-state index in [1.807, 2.05) is 0 Å². The largest absolute Gasteiger partial charge is 0.465 e. The molecule has 2 heterocycles. The monoisotopic (exact) mass is 313 g/mol. The van der Waals surface area contributed by atoms with E-state index in [0.717, 1.165) is 0 Å². The number of hydrogen-bond donors (Lipinski definition) is 1. The van der Waals surface area contributed by atoms with Gasteiger partial charge in [0.25, 0.3) is 0 Å². The second kappa shape index (κ2) is 5.03. The summed E-state index contributed by atoms with van der Waals surface area (Å²) >= 11 is 3.30. The van der Waals surface area contributed by atoms with Crippen molar-refractivity contribution >= 4 is 33.6 Å². The van der Waals surface area contributed by atoms with Crippen molar-refractivity contribution in [1.82, 2.24) is 4.98 Å². The van der Waals surface area contributed by atoms with Gasteiger partial charge in [-0.1, -0.05) is 0 Å². The van der Waals surface area contributed by atoms with Gasteiger partial charge in [-0.3, -0.25) is 9.69 Å². The number of nitrogens with two attached hydrogens (primary N) is 1. The van der Waals surface area contributed by atoms with E-state index >= 15 is 0 Å². The second-order valence-electron chi connectivity index (χ2n) is 3.99. The number of hydrogen-bond acceptors (Lipinski definition) is 5. The average Bonchev–Trinajstić information content (AvgIpc) is 2.67. The number of carbonyl (C=O) groups excluding carboxylic acids is 2. The molecular formula is C11H12BrN3O3. The van der Waals surface area contributed by atoms with E-state index in [1.54, 1.807) is 6.07 Å². The number of halogens is 1. The standard InChI is InChI=1S/C11H12BrN3O3/c1-18-11(17)6-2-8(12)10(14-4-6)15-5-7(13)3-9(15)16/h2,4,7H,3,5,13H2,1H3. The van der Waals surface area contributed by atoms with Gasteiger partial charge in [-0.2, -0.15) is 0 Å². The third-order valence-electron chi connectivity index (χ3n) is 2.65. The molecule has 7 heteroatoms. The van der Waals surface area contributed by atoms with Crippen LogP contribution in [0.3, 0.4) is 0 Å². The normalized spacial score (nSPS) is 19.2. The molecule has 1 saturated heterocycles. The van der Waals surface area contributed by atoms with E-state index in [2.05, 4.69) is 25.7 Å². The van der Waals surface area contributed by atoms with E-state index < -0.39 is 5.97 Å². The Hall–Kier alpha value is -1.47. The zero-order chi connectivity index (χ0) is 13.3. The number of nitrogens with zero attached hydrogens (tertiary/aromatic N) is 2. The van der Waals surface area contributed by atoms with Gasteiger partial charge in [0, 0.05) is 25.2 Å². The van der Waals surface area contributed by atoms with Crippen LogP contribution in [0.5, 0.6) is 0 Å². The number of rotatable bonds is 2. The summed E-state index contributed by atoms with van der Waals surface area (Å²) in [6, 6.07) is 1.40. The molecule has 96 valence electrons. The summed E-state index contributed by atoms with van der Waals surface area (Å²) in [4.78, 5) is 28.7. The molecular weight excluding hydrogens is 302 g/mol. The van der Waals surface area contributed by atoms with E-state index in [9.17, 15) is 9.59 Å². The molecule has 0 aliphatic carbocycles. The smallest absolute Gasteiger partial charge is 0.339 e. The number of anilines is 1. The van der Waals surface area contributed by atoms with Crippen LogP contribution >= 0.6 is 15.9 Å². The molecule has 6 nitrogen and oxygen atoms in total. The highest BCUT2D eigenvalue weighted by Gasteiger charge is 2.30. The zero-order valence-electron chi connectivity index (χ0n) is 9.72. The minimum absolute atomic E-state index is 0.0680. The number of aromatic nitrogens is 1. The van der Waals surface area contributed by atoms with Crippen LogP contribution in [-0.4, -0.2) is 36.6 Å². The Morgan fingerprint density at radius 2 is 2.39 bits per heavy atom. The number of esters is 1. The lowest BCUT2D eigenvalue weighted by Crippen LogP contribution is -2.29. The second-order valence-corrected chi connectivity index (χ2v) is 4.84. The fourth-order valence-corrected chi connectivity index (χ4v) is 2.36. The van der Waals surface area contributed by atoms with Crippen molar-refractivity contribution in [1.29, 1.82) is 0 Å². The van der Waals surface area contributed by atoms with E-state index in [0.29, 0.717) is 28.8 Å². The molecule has 2 rings (SSSR count). The first kappa shape index (κ1) is 13.0. The average molecular weight is 314 g/mol. The highest BCUT2D eigenvalue weighted by molar-refractivity contribution is 9.10. The number of pyridine rings is 1. The van der Waals surface area contributed by atoms with E-state index in [-0.39, 0.29) is 11.9 Å². The first-order valence-corrected chi connectivity index (χ1v) is 6.12. The van der Waals surface area contributed by atoms with Crippen LogP contribution in [0.25, 0.3) is 0 Å². The molecule has 1 aliphatic rings. The predicted molar refractivity (Wildman–Crippen MR) is 68.2 cm³/mol. The van der Waals surface area contributed by atoms with Crippen LogP contribution in [0.2, 0.25) is 0 Å². The summed E-state index contributed by atoms with van der Waals surface area (Å²) in [5, 5.41) is 0. The molecule has 0 spiro atoms. The van der Waals surface area contributed by atoms with Gasteiger partial charge in [-0.15, -0.1) is 0 Å². The highest BCUT2D eigenvalue weighted by Crippen LogP contribution is 2.28. The molecule has 18 heavy (non-hydrogen) atoms. The van der Waals surface area contributed by atoms with Crippen molar-refractivity contribution in [3.8, 4) is 0 Å². The number of amides is 1. The Labute approximate surface area is 112 Å². The summed E-state index contributed by atoms with van der Waals surface area (Å²) < 4.78 is 5.16. The van der Waals surface area contributed by atoms with E-state index in [1.165, 1.54) is 18.2 Å². The van der Waals surface area contributed by atoms with Gasteiger partial charge in [0.2, 0.25) is 5.91 Å². The van der Waals surface area contributed by atoms with Crippen LogP contribution < -0.4 is 10.6 Å². The van der Waals surface area contributed by atoms with Crippen LogP contribution in [0.4, 0.5) is 5.82 Å². The van der Waals surface area contributed by atoms with Crippen molar-refractivity contribution < 1.29 is 14.3 Å². The maximum absolute atomic E-state index is 11.7. The maximum Gasteiger partial charge on any atom is 0.339 e. The summed E-state index contributed by atoms with van der Waals surface area (Å²) in [7, 11) is 1.30. The van der Waals surface area contributed by atoms with Crippen LogP contribution in [0.15, 0.2) is 16.7 Å². The third-order valence-corrected chi connectivity index (χ3v) is 3.24. The molecule has 0 aromatic carbocycles. The van der Waals surface area contributed by atoms with Crippen molar-refractivity contribution in [2.24, 2.45) is 5.73 Å². The van der Waals surface area contributed by atoms with Gasteiger partial charge in [-0.25, -0.2) is 9.78 Å². The summed E-state index contributed by atoms with van der Waals surface area (Å²) in [6.07, 6.45) is 1.69. The molecule has 1 atom stereocenters. The van der Waals surface area contributed by atoms with E-state index in [4.69, 9.17) is 5.73 Å². The van der Waals surface area contributed by atoms with Crippen LogP contribution in [0.1, 0.15) is 16.8 Å². The topological polar surface area (TPSA) is 85.5 Å². The highest BCUT2D eigenvalue weighted by atomic mass is 79.9. The zero-order valence-corrected chi connectivity index (χ0v) is 11.3. The Morgan fingerprint density at radius 3 is 2.89 bits per heavy atom. The lowest BCUT2D eigenvalue weighted by molar-refractivity contribution is -0.117. The fourth-order valence-electron chi connectivity index (χ4n) is 1.80. The van der Waals surface area contributed by atoms with Gasteiger partial charge < -0.3 is 10.5 Å². The molecule has 1 fully saturated rings. The van der Waals surface area contributed by atoms with Crippen LogP contribution in [0, 0.1) is 0 Å². The third kappa shape index (κ3) is 2.37. The van der Waals surface area contributed by atoms with Crippen molar-refractivity contribution in [2.45, 2.75) is 12.5 Å². The number of ether oxygens (including phenoxy) is 1. The van der Waals surface area contributed by atoms with Gasteiger partial charge in [0.05, 0.1) is 17.1 Å². The molecule has 0 radical (unpaired) electrons. The molecule has 1 unspecified atom stereocenters. The molecule has 1 aliphatic heterocycles. The SMILES string of the molecule is COC(=O)c1cnc(N2CC(N)CC2=O)c(Br)c1. The summed E-state index contributed by atoms with van der Waals surface area (Å²) in [5.74, 6) is -0.0682. The molecule has 1 amide bonds. The molecule has 1 aromatic heterocycles. The minimum Gasteiger partial charge on any atom is -0.465 e. The quantitative estimate of drug-likeness (QED) is 0.812. The lowest BCUT2D eigenvalue weighted by Gasteiger charge is -2.16. The Bertz CT molecular complexity index is 506. The summed E-state index contributed by atoms with van der Waals surface area (Å²) in [6.45, 7) is 0.433. The van der Waals surface area contributed by atoms with Crippen molar-refractivity contribution in [3.05, 3.63) is 22.3 Å². The molecule has 0 bridgehead atoms. The molecule has 1 aromatic rings. The molecule has 0 saturated carbocycles. The van der Waals surface area contributed by atoms with Gasteiger partial charge in [0.15, 0.2) is 0 Å². The predicted octanol–water partition coefficient (Wildman–Crippen LogP) is 0.695. The first-order valence-electron chi connectivity index (χ1n) is 5.32.